The van der Waals surface area contributed by atoms with E-state index in [2.05, 4.69) is 15.5 Å². The lowest BCUT2D eigenvalue weighted by Gasteiger charge is -2.04. The third kappa shape index (κ3) is 3.07. The Kier molecular flexibility index (Phi) is 4.07. The van der Waals surface area contributed by atoms with E-state index in [0.29, 0.717) is 16.0 Å². The molecule has 0 unspecified atom stereocenters. The van der Waals surface area contributed by atoms with Crippen molar-refractivity contribution in [3.63, 3.8) is 0 Å². The van der Waals surface area contributed by atoms with Gasteiger partial charge in [0.25, 0.3) is 11.5 Å². The van der Waals surface area contributed by atoms with E-state index in [4.69, 9.17) is 4.42 Å². The van der Waals surface area contributed by atoms with Gasteiger partial charge in [0.1, 0.15) is 17.1 Å². The van der Waals surface area contributed by atoms with E-state index in [1.807, 2.05) is 13.8 Å². The zero-order valence-electron chi connectivity index (χ0n) is 12.6. The van der Waals surface area contributed by atoms with E-state index in [0.717, 1.165) is 10.4 Å². The number of furan rings is 1. The molecular weight excluding hydrogens is 316 g/mol. The van der Waals surface area contributed by atoms with Crippen LogP contribution in [0.1, 0.15) is 16.2 Å². The summed E-state index contributed by atoms with van der Waals surface area (Å²) in [6, 6.07) is 3.43. The van der Waals surface area contributed by atoms with Crippen molar-refractivity contribution in [1.29, 1.82) is 0 Å². The topological polar surface area (TPSA) is 89.5 Å². The van der Waals surface area contributed by atoms with Crippen molar-refractivity contribution in [1.82, 2.24) is 15.0 Å². The quantitative estimate of drug-likeness (QED) is 0.583. The van der Waals surface area contributed by atoms with Gasteiger partial charge in [0.15, 0.2) is 0 Å². The zero-order valence-corrected chi connectivity index (χ0v) is 13.4. The zero-order chi connectivity index (χ0) is 16.4. The number of carbonyl (C=O) groups excluding carboxylic acids is 1. The van der Waals surface area contributed by atoms with E-state index in [1.54, 1.807) is 12.1 Å². The molecule has 118 valence electrons. The van der Waals surface area contributed by atoms with Crippen molar-refractivity contribution < 1.29 is 9.21 Å². The third-order valence-corrected chi connectivity index (χ3v) is 4.51. The first-order chi connectivity index (χ1) is 11.1. The second kappa shape index (κ2) is 6.17. The molecule has 0 bridgehead atoms. The highest BCUT2D eigenvalue weighted by Crippen LogP contribution is 2.25. The summed E-state index contributed by atoms with van der Waals surface area (Å²) in [6.07, 6.45) is 4.28. The number of hydrogen-bond donors (Lipinski definition) is 1. The van der Waals surface area contributed by atoms with Crippen LogP contribution in [0.5, 0.6) is 0 Å². The van der Waals surface area contributed by atoms with Crippen molar-refractivity contribution in [2.24, 2.45) is 5.10 Å². The van der Waals surface area contributed by atoms with Gasteiger partial charge in [-0.1, -0.05) is 0 Å². The van der Waals surface area contributed by atoms with Crippen LogP contribution in [0.3, 0.4) is 0 Å². The Morgan fingerprint density at radius 2 is 2.35 bits per heavy atom. The summed E-state index contributed by atoms with van der Waals surface area (Å²) < 4.78 is 6.33. The summed E-state index contributed by atoms with van der Waals surface area (Å²) in [5, 5.41) is 4.34. The van der Waals surface area contributed by atoms with Gasteiger partial charge >= 0.3 is 0 Å². The molecule has 0 aliphatic heterocycles. The molecule has 0 fully saturated rings. The van der Waals surface area contributed by atoms with Crippen molar-refractivity contribution in [3.8, 4) is 0 Å². The second-order valence-corrected chi connectivity index (χ2v) is 6.15. The number of hydrogen-bond acceptors (Lipinski definition) is 6. The number of fused-ring (bicyclic) bond motifs is 1. The normalized spacial score (nSPS) is 11.4. The van der Waals surface area contributed by atoms with E-state index in [-0.39, 0.29) is 12.1 Å². The molecule has 3 heterocycles. The first-order valence-corrected chi connectivity index (χ1v) is 7.68. The van der Waals surface area contributed by atoms with Gasteiger partial charge in [0.2, 0.25) is 0 Å². The summed E-state index contributed by atoms with van der Waals surface area (Å²) >= 11 is 1.47. The highest BCUT2D eigenvalue weighted by molar-refractivity contribution is 7.18. The van der Waals surface area contributed by atoms with Gasteiger partial charge in [-0.05, 0) is 31.5 Å². The minimum Gasteiger partial charge on any atom is -0.463 e. The molecule has 23 heavy (non-hydrogen) atoms. The lowest BCUT2D eigenvalue weighted by molar-refractivity contribution is -0.121. The first-order valence-electron chi connectivity index (χ1n) is 6.87. The number of aromatic nitrogens is 2. The monoisotopic (exact) mass is 330 g/mol. The Morgan fingerprint density at radius 1 is 1.52 bits per heavy atom. The molecule has 0 spiro atoms. The fourth-order valence-electron chi connectivity index (χ4n) is 2.11. The van der Waals surface area contributed by atoms with Crippen LogP contribution in [0, 0.1) is 13.8 Å². The molecule has 3 aromatic heterocycles. The molecule has 0 saturated heterocycles. The fourth-order valence-corrected chi connectivity index (χ4v) is 3.09. The van der Waals surface area contributed by atoms with Gasteiger partial charge in [-0.15, -0.1) is 11.3 Å². The van der Waals surface area contributed by atoms with Crippen LogP contribution < -0.4 is 11.0 Å². The SMILES string of the molecule is Cc1sc2ncn(CC(=O)NN=Cc3ccco3)c(=O)c2c1C. The van der Waals surface area contributed by atoms with Gasteiger partial charge < -0.3 is 4.42 Å². The first kappa shape index (κ1) is 15.2. The van der Waals surface area contributed by atoms with Crippen LogP contribution in [0.4, 0.5) is 0 Å². The number of nitrogens with one attached hydrogen (secondary N) is 1. The molecule has 0 aromatic carbocycles. The average Bonchev–Trinajstić information content (AvgIpc) is 3.12. The largest absolute Gasteiger partial charge is 0.463 e. The maximum Gasteiger partial charge on any atom is 0.262 e. The predicted octanol–water partition coefficient (Wildman–Crippen LogP) is 1.82. The molecule has 0 aliphatic rings. The molecular formula is C15H14N4O3S. The number of aryl methyl sites for hydroxylation is 2. The van der Waals surface area contributed by atoms with Crippen LogP contribution in [-0.2, 0) is 11.3 Å². The fraction of sp³-hybridized carbons (Fsp3) is 0.200. The molecule has 3 aromatic rings. The predicted molar refractivity (Wildman–Crippen MR) is 87.8 cm³/mol. The van der Waals surface area contributed by atoms with Gasteiger partial charge in [-0.2, -0.15) is 5.10 Å². The number of rotatable bonds is 4. The number of hydrazone groups is 1. The standard InChI is InChI=1S/C15H14N4O3S/c1-9-10(2)23-14-13(9)15(21)19(8-16-14)7-12(20)18-17-6-11-4-3-5-22-11/h3-6,8H,7H2,1-2H3,(H,18,20). The third-order valence-electron chi connectivity index (χ3n) is 3.39. The lowest BCUT2D eigenvalue weighted by atomic mass is 10.2. The van der Waals surface area contributed by atoms with E-state index >= 15 is 0 Å². The maximum absolute atomic E-state index is 12.5. The lowest BCUT2D eigenvalue weighted by Crippen LogP contribution is -2.30. The van der Waals surface area contributed by atoms with Crippen LogP contribution in [0.15, 0.2) is 39.0 Å². The molecule has 0 atom stereocenters. The number of amides is 1. The van der Waals surface area contributed by atoms with Crippen LogP contribution in [0.2, 0.25) is 0 Å². The van der Waals surface area contributed by atoms with Crippen molar-refractivity contribution >= 4 is 33.7 Å². The minimum absolute atomic E-state index is 0.147. The summed E-state index contributed by atoms with van der Waals surface area (Å²) in [5.41, 5.74) is 3.04. The highest BCUT2D eigenvalue weighted by atomic mass is 32.1. The minimum atomic E-state index is -0.416. The molecule has 1 amide bonds. The molecule has 0 aliphatic carbocycles. The van der Waals surface area contributed by atoms with Gasteiger partial charge in [-0.3, -0.25) is 14.2 Å². The number of nitrogens with zero attached hydrogens (tertiary/aromatic N) is 3. The van der Waals surface area contributed by atoms with Gasteiger partial charge in [0, 0.05) is 4.88 Å². The molecule has 7 nitrogen and oxygen atoms in total. The van der Waals surface area contributed by atoms with Gasteiger partial charge in [-0.25, -0.2) is 10.4 Å². The summed E-state index contributed by atoms with van der Waals surface area (Å²) in [7, 11) is 0. The Balaban J connectivity index is 1.76. The molecule has 0 saturated carbocycles. The Morgan fingerprint density at radius 3 is 3.09 bits per heavy atom. The van der Waals surface area contributed by atoms with Crippen molar-refractivity contribution in [2.75, 3.05) is 0 Å². The average molecular weight is 330 g/mol. The molecule has 3 rings (SSSR count). The molecule has 8 heteroatoms. The van der Waals surface area contributed by atoms with Gasteiger partial charge in [0.05, 0.1) is 24.2 Å². The summed E-state index contributed by atoms with van der Waals surface area (Å²) in [6.45, 7) is 3.68. The Hall–Kier alpha value is -2.74. The van der Waals surface area contributed by atoms with E-state index in [9.17, 15) is 9.59 Å². The van der Waals surface area contributed by atoms with Crippen molar-refractivity contribution in [2.45, 2.75) is 20.4 Å². The number of thiophene rings is 1. The second-order valence-electron chi connectivity index (χ2n) is 4.95. The van der Waals surface area contributed by atoms with Crippen molar-refractivity contribution in [3.05, 3.63) is 51.3 Å². The highest BCUT2D eigenvalue weighted by Gasteiger charge is 2.13. The Bertz CT molecular complexity index is 938. The summed E-state index contributed by atoms with van der Waals surface area (Å²) in [5.74, 6) is 0.107. The van der Waals surface area contributed by atoms with Crippen LogP contribution in [0.25, 0.3) is 10.2 Å². The maximum atomic E-state index is 12.5. The number of carbonyl (C=O) groups is 1. The van der Waals surface area contributed by atoms with Crippen LogP contribution >= 0.6 is 11.3 Å². The van der Waals surface area contributed by atoms with Crippen LogP contribution in [-0.4, -0.2) is 21.7 Å². The smallest absolute Gasteiger partial charge is 0.262 e. The van der Waals surface area contributed by atoms with E-state index < -0.39 is 5.91 Å². The Labute approximate surface area is 135 Å². The molecule has 0 radical (unpaired) electrons. The molecule has 1 N–H and O–H groups in total. The summed E-state index contributed by atoms with van der Waals surface area (Å²) in [4.78, 5) is 30.3. The van der Waals surface area contributed by atoms with E-state index in [1.165, 1.54) is 34.7 Å².